The van der Waals surface area contributed by atoms with Crippen LogP contribution in [-0.4, -0.2) is 25.4 Å². The number of aromatic nitrogens is 4. The summed E-state index contributed by atoms with van der Waals surface area (Å²) in [5, 5.41) is 1.35. The summed E-state index contributed by atoms with van der Waals surface area (Å²) in [5.74, 6) is -0.238. The minimum atomic E-state index is -0.460. The third-order valence-electron chi connectivity index (χ3n) is 5.09. The van der Waals surface area contributed by atoms with Crippen LogP contribution in [0.1, 0.15) is 37.9 Å². The van der Waals surface area contributed by atoms with Crippen LogP contribution in [0.5, 0.6) is 0 Å². The van der Waals surface area contributed by atoms with Crippen LogP contribution < -0.4 is 5.73 Å². The van der Waals surface area contributed by atoms with E-state index in [2.05, 4.69) is 15.0 Å². The van der Waals surface area contributed by atoms with Gasteiger partial charge in [-0.15, -0.1) is 0 Å². The number of aryl methyl sites for hydroxylation is 1. The fourth-order valence-corrected chi connectivity index (χ4v) is 3.90. The number of primary amides is 1. The molecular weight excluding hydrogens is 314 g/mol. The highest BCUT2D eigenvalue weighted by Crippen LogP contribution is 2.44. The van der Waals surface area contributed by atoms with Crippen LogP contribution in [0.2, 0.25) is 5.15 Å². The van der Waals surface area contributed by atoms with Gasteiger partial charge in [0.05, 0.1) is 11.8 Å². The van der Waals surface area contributed by atoms with E-state index in [0.29, 0.717) is 11.6 Å². The van der Waals surface area contributed by atoms with Gasteiger partial charge in [-0.05, 0) is 32.3 Å². The lowest BCUT2D eigenvalue weighted by Crippen LogP contribution is -2.32. The van der Waals surface area contributed by atoms with E-state index in [1.165, 1.54) is 0 Å². The molecule has 6 nitrogen and oxygen atoms in total. The van der Waals surface area contributed by atoms with Gasteiger partial charge in [0.2, 0.25) is 5.91 Å². The minimum absolute atomic E-state index is 0.162. The number of hydrogen-bond acceptors (Lipinski definition) is 3. The van der Waals surface area contributed by atoms with Crippen LogP contribution in [-0.2, 0) is 4.79 Å². The minimum Gasteiger partial charge on any atom is -0.369 e. The monoisotopic (exact) mass is 331 g/mol. The first-order valence-corrected chi connectivity index (χ1v) is 8.08. The van der Waals surface area contributed by atoms with Gasteiger partial charge in [-0.2, -0.15) is 0 Å². The molecule has 3 N–H and O–H groups in total. The summed E-state index contributed by atoms with van der Waals surface area (Å²) < 4.78 is 2.03. The van der Waals surface area contributed by atoms with E-state index in [1.54, 1.807) is 6.33 Å². The predicted octanol–water partition coefficient (Wildman–Crippen LogP) is 3.09. The van der Waals surface area contributed by atoms with Crippen molar-refractivity contribution < 1.29 is 4.79 Å². The predicted molar refractivity (Wildman–Crippen MR) is 89.3 cm³/mol. The van der Waals surface area contributed by atoms with Crippen molar-refractivity contribution in [2.75, 3.05) is 0 Å². The third-order valence-corrected chi connectivity index (χ3v) is 5.37. The normalized spacial score (nSPS) is 24.7. The molecule has 7 heteroatoms. The van der Waals surface area contributed by atoms with Gasteiger partial charge in [0.15, 0.2) is 5.65 Å². The van der Waals surface area contributed by atoms with Gasteiger partial charge < -0.3 is 15.3 Å². The van der Waals surface area contributed by atoms with E-state index in [0.717, 1.165) is 40.6 Å². The number of nitrogens with two attached hydrogens (primary N) is 1. The van der Waals surface area contributed by atoms with Crippen molar-refractivity contribution in [2.24, 2.45) is 11.1 Å². The molecule has 0 spiro atoms. The van der Waals surface area contributed by atoms with Crippen LogP contribution in [0, 0.1) is 12.3 Å². The zero-order valence-electron chi connectivity index (χ0n) is 13.1. The number of amides is 1. The molecule has 1 aliphatic rings. The number of nitrogens with zero attached hydrogens (tertiary/aromatic N) is 3. The van der Waals surface area contributed by atoms with E-state index < -0.39 is 5.41 Å². The molecule has 0 bridgehead atoms. The topological polar surface area (TPSA) is 89.6 Å². The first-order valence-electron chi connectivity index (χ1n) is 7.70. The molecule has 4 rings (SSSR count). The Morgan fingerprint density at radius 2 is 2.35 bits per heavy atom. The van der Waals surface area contributed by atoms with Crippen molar-refractivity contribution in [3.05, 3.63) is 23.2 Å². The lowest BCUT2D eigenvalue weighted by Gasteiger charge is -2.20. The Bertz CT molecular complexity index is 943. The SMILES string of the molecule is Cc1cc2c(Cl)nc3c(ncn3C3CCC(C)(C(N)=O)C3)c2[nH]1. The van der Waals surface area contributed by atoms with Crippen LogP contribution in [0.15, 0.2) is 12.4 Å². The Labute approximate surface area is 138 Å². The molecule has 0 radical (unpaired) electrons. The number of halogens is 1. The number of carbonyl (C=O) groups excluding carboxylic acids is 1. The van der Waals surface area contributed by atoms with Crippen LogP contribution in [0.25, 0.3) is 22.1 Å². The standard InChI is InChI=1S/C16H18ClN5O/c1-8-5-10-11(20-8)12-14(21-13(10)17)22(7-19-12)9-3-4-16(2,6-9)15(18)23/h5,7,9,20H,3-4,6H2,1-2H3,(H2,18,23). The van der Waals surface area contributed by atoms with E-state index >= 15 is 0 Å². The molecule has 23 heavy (non-hydrogen) atoms. The van der Waals surface area contributed by atoms with Gasteiger partial charge in [-0.25, -0.2) is 9.97 Å². The van der Waals surface area contributed by atoms with Crippen molar-refractivity contribution in [2.45, 2.75) is 39.2 Å². The van der Waals surface area contributed by atoms with Crippen LogP contribution in [0.3, 0.4) is 0 Å². The average molecular weight is 332 g/mol. The fourth-order valence-electron chi connectivity index (χ4n) is 3.67. The number of hydrogen-bond donors (Lipinski definition) is 2. The summed E-state index contributed by atoms with van der Waals surface area (Å²) in [7, 11) is 0. The van der Waals surface area contributed by atoms with Gasteiger partial charge in [0.25, 0.3) is 0 Å². The molecule has 1 saturated carbocycles. The van der Waals surface area contributed by atoms with Gasteiger partial charge in [0, 0.05) is 22.5 Å². The van der Waals surface area contributed by atoms with Crippen molar-refractivity contribution in [1.82, 2.24) is 19.5 Å². The maximum Gasteiger partial charge on any atom is 0.223 e. The Morgan fingerprint density at radius 3 is 3.04 bits per heavy atom. The highest BCUT2D eigenvalue weighted by Gasteiger charge is 2.41. The first kappa shape index (κ1) is 14.5. The summed E-state index contributed by atoms with van der Waals surface area (Å²) in [6.45, 7) is 3.91. The van der Waals surface area contributed by atoms with Crippen molar-refractivity contribution >= 4 is 39.6 Å². The summed E-state index contributed by atoms with van der Waals surface area (Å²) >= 11 is 6.35. The molecule has 0 saturated heterocycles. The van der Waals surface area contributed by atoms with Gasteiger partial charge in [0.1, 0.15) is 10.7 Å². The molecule has 3 heterocycles. The molecule has 3 aromatic rings. The number of fused-ring (bicyclic) bond motifs is 3. The lowest BCUT2D eigenvalue weighted by molar-refractivity contribution is -0.126. The number of imidazole rings is 1. The Hall–Kier alpha value is -2.08. The number of nitrogens with one attached hydrogen (secondary N) is 1. The van der Waals surface area contributed by atoms with Gasteiger partial charge in [-0.3, -0.25) is 4.79 Å². The number of carbonyl (C=O) groups is 1. The molecule has 2 atom stereocenters. The molecule has 0 aromatic carbocycles. The zero-order chi connectivity index (χ0) is 16.4. The Kier molecular flexibility index (Phi) is 2.97. The molecule has 120 valence electrons. The molecule has 3 aromatic heterocycles. The van der Waals surface area contributed by atoms with Crippen molar-refractivity contribution in [1.29, 1.82) is 0 Å². The summed E-state index contributed by atoms with van der Waals surface area (Å²) in [5.41, 5.74) is 8.59. The number of H-pyrrole nitrogens is 1. The quantitative estimate of drug-likeness (QED) is 0.707. The summed E-state index contributed by atoms with van der Waals surface area (Å²) in [6.07, 6.45) is 4.16. The molecule has 1 aliphatic carbocycles. The molecular formula is C16H18ClN5O. The fraction of sp³-hybridized carbons (Fsp3) is 0.438. The smallest absolute Gasteiger partial charge is 0.223 e. The van der Waals surface area contributed by atoms with E-state index in [4.69, 9.17) is 17.3 Å². The molecule has 2 unspecified atom stereocenters. The lowest BCUT2D eigenvalue weighted by atomic mass is 9.88. The number of aromatic amines is 1. The van der Waals surface area contributed by atoms with E-state index in [1.807, 2.05) is 24.5 Å². The van der Waals surface area contributed by atoms with Crippen LogP contribution >= 0.6 is 11.6 Å². The van der Waals surface area contributed by atoms with E-state index in [-0.39, 0.29) is 11.9 Å². The highest BCUT2D eigenvalue weighted by atomic mass is 35.5. The summed E-state index contributed by atoms with van der Waals surface area (Å²) in [4.78, 5) is 24.1. The van der Waals surface area contributed by atoms with Gasteiger partial charge in [-0.1, -0.05) is 18.5 Å². The molecule has 0 aliphatic heterocycles. The Morgan fingerprint density at radius 1 is 1.57 bits per heavy atom. The van der Waals surface area contributed by atoms with Crippen molar-refractivity contribution in [3.63, 3.8) is 0 Å². The van der Waals surface area contributed by atoms with Gasteiger partial charge >= 0.3 is 0 Å². The molecule has 1 amide bonds. The molecule has 1 fully saturated rings. The maximum atomic E-state index is 11.7. The summed E-state index contributed by atoms with van der Waals surface area (Å²) in [6, 6.07) is 2.14. The second kappa shape index (κ2) is 4.71. The third kappa shape index (κ3) is 2.05. The van der Waals surface area contributed by atoms with Crippen molar-refractivity contribution in [3.8, 4) is 0 Å². The average Bonchev–Trinajstić information content (AvgIpc) is 3.15. The zero-order valence-corrected chi connectivity index (χ0v) is 13.8. The number of rotatable bonds is 2. The maximum absolute atomic E-state index is 11.7. The van der Waals surface area contributed by atoms with Crippen LogP contribution in [0.4, 0.5) is 0 Å². The highest BCUT2D eigenvalue weighted by molar-refractivity contribution is 6.35. The first-order chi connectivity index (χ1) is 10.9. The largest absolute Gasteiger partial charge is 0.369 e. The van der Waals surface area contributed by atoms with E-state index in [9.17, 15) is 4.79 Å². The second-order valence-corrected chi connectivity index (χ2v) is 7.15. The second-order valence-electron chi connectivity index (χ2n) is 6.79. The Balaban J connectivity index is 1.85. The number of pyridine rings is 1.